The first-order valence-corrected chi connectivity index (χ1v) is 11.5. The second-order valence-electron chi connectivity index (χ2n) is 9.14. The molecule has 2 heterocycles. The Kier molecular flexibility index (Phi) is 6.77. The van der Waals surface area contributed by atoms with Crippen LogP contribution in [0.15, 0.2) is 48.5 Å². The summed E-state index contributed by atoms with van der Waals surface area (Å²) in [6.45, 7) is 3.37. The molecule has 2 fully saturated rings. The molecule has 0 unspecified atom stereocenters. The van der Waals surface area contributed by atoms with E-state index in [1.807, 2.05) is 4.90 Å². The summed E-state index contributed by atoms with van der Waals surface area (Å²) in [4.78, 5) is 26.8. The molecule has 32 heavy (non-hydrogen) atoms. The molecule has 1 N–H and O–H groups in total. The minimum atomic E-state index is -0.341. The number of halogens is 1. The van der Waals surface area contributed by atoms with Crippen LogP contribution in [0.25, 0.3) is 0 Å². The summed E-state index contributed by atoms with van der Waals surface area (Å²) in [5, 5.41) is 3.17. The lowest BCUT2D eigenvalue weighted by Gasteiger charge is -2.34. The Morgan fingerprint density at radius 2 is 1.81 bits per heavy atom. The van der Waals surface area contributed by atoms with Gasteiger partial charge in [-0.05, 0) is 56.0 Å². The fourth-order valence-electron chi connectivity index (χ4n) is 4.71. The first-order chi connectivity index (χ1) is 15.4. The van der Waals surface area contributed by atoms with Gasteiger partial charge in [0.25, 0.3) is 0 Å². The molecule has 170 valence electrons. The highest BCUT2D eigenvalue weighted by Crippen LogP contribution is 2.30. The lowest BCUT2D eigenvalue weighted by molar-refractivity contribution is -0.133. The van der Waals surface area contributed by atoms with Crippen LogP contribution in [0.4, 0.5) is 4.39 Å². The van der Waals surface area contributed by atoms with Gasteiger partial charge in [0.05, 0.1) is 0 Å². The zero-order valence-corrected chi connectivity index (χ0v) is 18.6. The van der Waals surface area contributed by atoms with E-state index in [0.29, 0.717) is 38.1 Å². The van der Waals surface area contributed by atoms with E-state index in [0.717, 1.165) is 25.7 Å². The van der Waals surface area contributed by atoms with Gasteiger partial charge in [0.1, 0.15) is 17.7 Å². The van der Waals surface area contributed by atoms with Gasteiger partial charge >= 0.3 is 0 Å². The lowest BCUT2D eigenvalue weighted by atomic mass is 9.84. The molecule has 2 aliphatic heterocycles. The van der Waals surface area contributed by atoms with Crippen molar-refractivity contribution in [3.8, 4) is 5.75 Å². The highest BCUT2D eigenvalue weighted by molar-refractivity contribution is 5.80. The standard InChI is InChI=1S/C26H31FN2O3/c1-19-2-4-20(5-3-19)18-26(14-10-24(30)28-26)15-11-25(31)29-16-12-23(13-17-29)32-22-8-6-21(27)7-9-22/h2-9,23H,10-18H2,1H3,(H,28,30)/t26-/m1/s1. The number of hydrogen-bond acceptors (Lipinski definition) is 3. The molecule has 2 aliphatic rings. The number of rotatable bonds is 7. The molecule has 4 rings (SSSR count). The fourth-order valence-corrected chi connectivity index (χ4v) is 4.71. The molecule has 0 aromatic heterocycles. The summed E-state index contributed by atoms with van der Waals surface area (Å²) in [5.74, 6) is 0.584. The van der Waals surface area contributed by atoms with Crippen LogP contribution < -0.4 is 10.1 Å². The summed E-state index contributed by atoms with van der Waals surface area (Å²) in [6, 6.07) is 14.4. The SMILES string of the molecule is Cc1ccc(C[C@]2(CCC(=O)N3CCC(Oc4ccc(F)cc4)CC3)CCC(=O)N2)cc1. The third-order valence-corrected chi connectivity index (χ3v) is 6.63. The molecule has 6 heteroatoms. The number of carbonyl (C=O) groups excluding carboxylic acids is 2. The Hall–Kier alpha value is -2.89. The zero-order chi connectivity index (χ0) is 22.6. The van der Waals surface area contributed by atoms with Crippen molar-refractivity contribution in [2.45, 2.75) is 63.5 Å². The predicted octanol–water partition coefficient (Wildman–Crippen LogP) is 4.18. The zero-order valence-electron chi connectivity index (χ0n) is 18.6. The van der Waals surface area contributed by atoms with Gasteiger partial charge in [-0.15, -0.1) is 0 Å². The summed E-state index contributed by atoms with van der Waals surface area (Å²) in [5.41, 5.74) is 2.05. The van der Waals surface area contributed by atoms with Gasteiger partial charge in [-0.1, -0.05) is 29.8 Å². The lowest BCUT2D eigenvalue weighted by Crippen LogP contribution is -2.46. The molecule has 2 saturated heterocycles. The van der Waals surface area contributed by atoms with Gasteiger partial charge in [-0.2, -0.15) is 0 Å². The molecule has 0 bridgehead atoms. The van der Waals surface area contributed by atoms with E-state index in [-0.39, 0.29) is 29.3 Å². The number of likely N-dealkylation sites (tertiary alicyclic amines) is 1. The molecule has 0 aliphatic carbocycles. The summed E-state index contributed by atoms with van der Waals surface area (Å²) >= 11 is 0. The molecule has 2 amide bonds. The van der Waals surface area contributed by atoms with Gasteiger partial charge < -0.3 is 15.0 Å². The van der Waals surface area contributed by atoms with Crippen LogP contribution in [0.1, 0.15) is 49.7 Å². The molecule has 1 atom stereocenters. The third kappa shape index (κ3) is 5.67. The number of piperidine rings is 1. The quantitative estimate of drug-likeness (QED) is 0.706. The van der Waals surface area contributed by atoms with E-state index in [1.165, 1.54) is 23.3 Å². The molecule has 2 aromatic carbocycles. The Morgan fingerprint density at radius 3 is 2.44 bits per heavy atom. The molecule has 2 aromatic rings. The number of nitrogens with one attached hydrogen (secondary N) is 1. The van der Waals surface area contributed by atoms with E-state index in [1.54, 1.807) is 12.1 Å². The highest BCUT2D eigenvalue weighted by atomic mass is 19.1. The van der Waals surface area contributed by atoms with Crippen LogP contribution in [-0.4, -0.2) is 41.4 Å². The van der Waals surface area contributed by atoms with E-state index >= 15 is 0 Å². The first-order valence-electron chi connectivity index (χ1n) is 11.5. The Balaban J connectivity index is 1.28. The van der Waals surface area contributed by atoms with Crippen molar-refractivity contribution in [2.75, 3.05) is 13.1 Å². The van der Waals surface area contributed by atoms with Crippen molar-refractivity contribution in [1.82, 2.24) is 10.2 Å². The number of benzene rings is 2. The topological polar surface area (TPSA) is 58.6 Å². The summed E-state index contributed by atoms with van der Waals surface area (Å²) < 4.78 is 19.0. The molecule has 5 nitrogen and oxygen atoms in total. The molecule has 0 saturated carbocycles. The minimum absolute atomic E-state index is 0.0338. The van der Waals surface area contributed by atoms with Crippen LogP contribution in [0.3, 0.4) is 0 Å². The van der Waals surface area contributed by atoms with Crippen molar-refractivity contribution >= 4 is 11.8 Å². The normalized spacial score (nSPS) is 21.4. The number of amides is 2. The number of aryl methyl sites for hydroxylation is 1. The van der Waals surface area contributed by atoms with Gasteiger partial charge in [0, 0.05) is 44.3 Å². The maximum absolute atomic E-state index is 13.1. The predicted molar refractivity (Wildman–Crippen MR) is 121 cm³/mol. The fraction of sp³-hybridized carbons (Fsp3) is 0.462. The largest absolute Gasteiger partial charge is 0.490 e. The van der Waals surface area contributed by atoms with E-state index < -0.39 is 0 Å². The van der Waals surface area contributed by atoms with Crippen LogP contribution in [0.2, 0.25) is 0 Å². The maximum Gasteiger partial charge on any atom is 0.222 e. The van der Waals surface area contributed by atoms with Crippen LogP contribution in [-0.2, 0) is 16.0 Å². The Bertz CT molecular complexity index is 937. The molecular weight excluding hydrogens is 407 g/mol. The van der Waals surface area contributed by atoms with Crippen LogP contribution >= 0.6 is 0 Å². The Morgan fingerprint density at radius 1 is 1.12 bits per heavy atom. The van der Waals surface area contributed by atoms with E-state index in [2.05, 4.69) is 36.5 Å². The minimum Gasteiger partial charge on any atom is -0.490 e. The first kappa shape index (κ1) is 22.3. The van der Waals surface area contributed by atoms with Crippen molar-refractivity contribution in [1.29, 1.82) is 0 Å². The highest BCUT2D eigenvalue weighted by Gasteiger charge is 2.38. The van der Waals surface area contributed by atoms with Crippen molar-refractivity contribution < 1.29 is 18.7 Å². The van der Waals surface area contributed by atoms with Gasteiger partial charge in [-0.3, -0.25) is 9.59 Å². The van der Waals surface area contributed by atoms with Crippen molar-refractivity contribution in [2.24, 2.45) is 0 Å². The van der Waals surface area contributed by atoms with E-state index in [9.17, 15) is 14.0 Å². The Labute approximate surface area is 188 Å². The van der Waals surface area contributed by atoms with Crippen LogP contribution in [0.5, 0.6) is 5.75 Å². The molecule has 0 spiro atoms. The van der Waals surface area contributed by atoms with Gasteiger partial charge in [0.15, 0.2) is 0 Å². The molecule has 0 radical (unpaired) electrons. The average molecular weight is 439 g/mol. The number of hydrogen-bond donors (Lipinski definition) is 1. The smallest absolute Gasteiger partial charge is 0.222 e. The average Bonchev–Trinajstić information content (AvgIpc) is 3.16. The van der Waals surface area contributed by atoms with Crippen molar-refractivity contribution in [3.63, 3.8) is 0 Å². The maximum atomic E-state index is 13.1. The summed E-state index contributed by atoms with van der Waals surface area (Å²) in [6.07, 6.45) is 4.66. The summed E-state index contributed by atoms with van der Waals surface area (Å²) in [7, 11) is 0. The molecular formula is C26H31FN2O3. The van der Waals surface area contributed by atoms with E-state index in [4.69, 9.17) is 4.74 Å². The second-order valence-corrected chi connectivity index (χ2v) is 9.14. The number of carbonyl (C=O) groups is 2. The second kappa shape index (κ2) is 9.72. The third-order valence-electron chi connectivity index (χ3n) is 6.63. The number of ether oxygens (including phenoxy) is 1. The number of nitrogens with zero attached hydrogens (tertiary/aromatic N) is 1. The van der Waals surface area contributed by atoms with Gasteiger partial charge in [0.2, 0.25) is 11.8 Å². The van der Waals surface area contributed by atoms with Crippen molar-refractivity contribution in [3.05, 3.63) is 65.5 Å². The van der Waals surface area contributed by atoms with Gasteiger partial charge in [-0.25, -0.2) is 4.39 Å². The van der Waals surface area contributed by atoms with Crippen LogP contribution in [0, 0.1) is 12.7 Å². The monoisotopic (exact) mass is 438 g/mol.